The van der Waals surface area contributed by atoms with Crippen LogP contribution in [0.15, 0.2) is 6.07 Å². The Labute approximate surface area is 162 Å². The van der Waals surface area contributed by atoms with Gasteiger partial charge in [-0.15, -0.1) is 0 Å². The first-order valence-corrected chi connectivity index (χ1v) is 10.8. The van der Waals surface area contributed by atoms with Gasteiger partial charge < -0.3 is 15.1 Å². The molecule has 1 N–H and O–H groups in total. The molecule has 4 rings (SSSR count). The van der Waals surface area contributed by atoms with E-state index in [4.69, 9.17) is 4.98 Å². The molecule has 27 heavy (non-hydrogen) atoms. The van der Waals surface area contributed by atoms with Crippen molar-refractivity contribution in [1.29, 1.82) is 0 Å². The van der Waals surface area contributed by atoms with E-state index in [-0.39, 0.29) is 5.92 Å². The molecule has 148 valence electrons. The van der Waals surface area contributed by atoms with Gasteiger partial charge in [0.05, 0.1) is 0 Å². The lowest BCUT2D eigenvalue weighted by Crippen LogP contribution is -2.50. The van der Waals surface area contributed by atoms with Crippen LogP contribution in [0.5, 0.6) is 0 Å². The monoisotopic (exact) mass is 371 g/mol. The number of carbonyl (C=O) groups excluding carboxylic acids is 1. The number of nitrogens with zero attached hydrogens (tertiary/aromatic N) is 4. The predicted octanol–water partition coefficient (Wildman–Crippen LogP) is 3.37. The van der Waals surface area contributed by atoms with E-state index < -0.39 is 0 Å². The Balaban J connectivity index is 1.36. The van der Waals surface area contributed by atoms with Gasteiger partial charge in [0.2, 0.25) is 11.9 Å². The first-order valence-electron chi connectivity index (χ1n) is 10.8. The van der Waals surface area contributed by atoms with Gasteiger partial charge in [0.1, 0.15) is 5.82 Å². The number of amides is 1. The maximum Gasteiger partial charge on any atom is 0.225 e. The highest BCUT2D eigenvalue weighted by atomic mass is 16.2. The lowest BCUT2D eigenvalue weighted by atomic mass is 9.96. The second-order valence-electron chi connectivity index (χ2n) is 8.46. The van der Waals surface area contributed by atoms with Crippen molar-refractivity contribution < 1.29 is 4.79 Å². The lowest BCUT2D eigenvalue weighted by molar-refractivity contribution is -0.135. The quantitative estimate of drug-likeness (QED) is 0.879. The molecule has 0 spiro atoms. The summed E-state index contributed by atoms with van der Waals surface area (Å²) < 4.78 is 0. The van der Waals surface area contributed by atoms with Gasteiger partial charge >= 0.3 is 0 Å². The fourth-order valence-corrected chi connectivity index (χ4v) is 4.79. The highest BCUT2D eigenvalue weighted by Crippen LogP contribution is 2.27. The van der Waals surface area contributed by atoms with Crippen LogP contribution in [0.2, 0.25) is 0 Å². The van der Waals surface area contributed by atoms with E-state index in [1.165, 1.54) is 44.9 Å². The summed E-state index contributed by atoms with van der Waals surface area (Å²) in [5, 5.41) is 3.55. The Bertz CT molecular complexity index is 644. The van der Waals surface area contributed by atoms with Crippen LogP contribution in [0.1, 0.15) is 63.5 Å². The van der Waals surface area contributed by atoms with E-state index in [2.05, 4.69) is 26.2 Å². The minimum Gasteiger partial charge on any atom is -0.353 e. The van der Waals surface area contributed by atoms with Crippen LogP contribution in [-0.2, 0) is 4.79 Å². The summed E-state index contributed by atoms with van der Waals surface area (Å²) in [5.74, 6) is 2.42. The lowest BCUT2D eigenvalue weighted by Gasteiger charge is -2.36. The Hall–Kier alpha value is -1.85. The number of aryl methyl sites for hydroxylation is 1. The molecular formula is C21H33N5O. The van der Waals surface area contributed by atoms with Crippen molar-refractivity contribution in [2.75, 3.05) is 36.4 Å². The molecule has 1 aromatic rings. The number of rotatable bonds is 4. The number of piperazine rings is 1. The van der Waals surface area contributed by atoms with Crippen LogP contribution in [-0.4, -0.2) is 53.0 Å². The molecule has 1 amide bonds. The molecule has 0 unspecified atom stereocenters. The van der Waals surface area contributed by atoms with Crippen molar-refractivity contribution in [2.24, 2.45) is 5.92 Å². The van der Waals surface area contributed by atoms with Gasteiger partial charge in [-0.1, -0.05) is 32.1 Å². The zero-order valence-corrected chi connectivity index (χ0v) is 16.6. The van der Waals surface area contributed by atoms with Crippen molar-refractivity contribution in [2.45, 2.75) is 70.8 Å². The normalized spacial score (nSPS) is 22.3. The van der Waals surface area contributed by atoms with Crippen LogP contribution in [0.25, 0.3) is 0 Å². The van der Waals surface area contributed by atoms with E-state index in [0.717, 1.165) is 56.5 Å². The zero-order chi connectivity index (χ0) is 18.6. The molecule has 0 atom stereocenters. The fourth-order valence-electron chi connectivity index (χ4n) is 4.79. The van der Waals surface area contributed by atoms with E-state index in [1.54, 1.807) is 0 Å². The fraction of sp³-hybridized carbons (Fsp3) is 0.762. The summed E-state index contributed by atoms with van der Waals surface area (Å²) in [4.78, 5) is 26.4. The molecule has 2 heterocycles. The summed E-state index contributed by atoms with van der Waals surface area (Å²) in [7, 11) is 0. The third kappa shape index (κ3) is 4.53. The second kappa shape index (κ2) is 8.44. The first-order chi connectivity index (χ1) is 13.2. The molecule has 0 bridgehead atoms. The molecule has 0 aromatic carbocycles. The average Bonchev–Trinajstić information content (AvgIpc) is 3.23. The summed E-state index contributed by atoms with van der Waals surface area (Å²) in [6.45, 7) is 5.38. The molecule has 0 radical (unpaired) electrons. The van der Waals surface area contributed by atoms with Gasteiger partial charge in [0.15, 0.2) is 0 Å². The molecular weight excluding hydrogens is 338 g/mol. The van der Waals surface area contributed by atoms with Crippen LogP contribution < -0.4 is 10.2 Å². The predicted molar refractivity (Wildman–Crippen MR) is 108 cm³/mol. The Morgan fingerprint density at radius 1 is 0.963 bits per heavy atom. The molecule has 3 aliphatic rings. The highest BCUT2D eigenvalue weighted by molar-refractivity contribution is 5.79. The molecule has 3 fully saturated rings. The zero-order valence-electron chi connectivity index (χ0n) is 16.6. The van der Waals surface area contributed by atoms with Gasteiger partial charge in [-0.05, 0) is 32.6 Å². The van der Waals surface area contributed by atoms with Gasteiger partial charge in [-0.25, -0.2) is 4.98 Å². The third-order valence-electron chi connectivity index (χ3n) is 6.40. The van der Waals surface area contributed by atoms with Crippen LogP contribution in [0, 0.1) is 12.8 Å². The minimum absolute atomic E-state index is 0.282. The maximum absolute atomic E-state index is 12.6. The summed E-state index contributed by atoms with van der Waals surface area (Å²) in [5.41, 5.74) is 1.00. The topological polar surface area (TPSA) is 61.4 Å². The van der Waals surface area contributed by atoms with Crippen LogP contribution in [0.4, 0.5) is 11.8 Å². The van der Waals surface area contributed by atoms with Crippen molar-refractivity contribution in [1.82, 2.24) is 14.9 Å². The molecule has 2 aliphatic carbocycles. The van der Waals surface area contributed by atoms with Crippen molar-refractivity contribution in [3.8, 4) is 0 Å². The number of hydrogen-bond donors (Lipinski definition) is 1. The smallest absolute Gasteiger partial charge is 0.225 e. The van der Waals surface area contributed by atoms with Gasteiger partial charge in [0.25, 0.3) is 0 Å². The molecule has 1 aromatic heterocycles. The van der Waals surface area contributed by atoms with Crippen LogP contribution >= 0.6 is 0 Å². The second-order valence-corrected chi connectivity index (χ2v) is 8.46. The minimum atomic E-state index is 0.282. The van der Waals surface area contributed by atoms with E-state index in [9.17, 15) is 4.79 Å². The summed E-state index contributed by atoms with van der Waals surface area (Å²) in [6, 6.07) is 2.58. The van der Waals surface area contributed by atoms with E-state index in [1.807, 2.05) is 6.92 Å². The SMILES string of the molecule is Cc1cc(N2CCN(C(=O)C3CCCC3)CC2)nc(NC2CCCCC2)n1. The number of anilines is 2. The third-order valence-corrected chi connectivity index (χ3v) is 6.40. The Kier molecular flexibility index (Phi) is 5.79. The average molecular weight is 372 g/mol. The highest BCUT2D eigenvalue weighted by Gasteiger charge is 2.29. The maximum atomic E-state index is 12.6. The van der Waals surface area contributed by atoms with Gasteiger partial charge in [-0.2, -0.15) is 4.98 Å². The van der Waals surface area contributed by atoms with Gasteiger partial charge in [0, 0.05) is 49.9 Å². The van der Waals surface area contributed by atoms with Crippen molar-refractivity contribution >= 4 is 17.7 Å². The largest absolute Gasteiger partial charge is 0.353 e. The molecule has 1 saturated heterocycles. The number of aromatic nitrogens is 2. The van der Waals surface area contributed by atoms with Crippen LogP contribution in [0.3, 0.4) is 0 Å². The van der Waals surface area contributed by atoms with Gasteiger partial charge in [-0.3, -0.25) is 4.79 Å². The standard InChI is InChI=1S/C21H33N5O/c1-16-15-19(24-21(22-16)23-18-9-3-2-4-10-18)25-11-13-26(14-12-25)20(27)17-7-5-6-8-17/h15,17-18H,2-14H2,1H3,(H,22,23,24). The number of carbonyl (C=O) groups is 1. The molecule has 6 nitrogen and oxygen atoms in total. The summed E-state index contributed by atoms with van der Waals surface area (Å²) >= 11 is 0. The first kappa shape index (κ1) is 18.5. The number of nitrogens with one attached hydrogen (secondary N) is 1. The number of hydrogen-bond acceptors (Lipinski definition) is 5. The van der Waals surface area contributed by atoms with E-state index in [0.29, 0.717) is 11.9 Å². The Morgan fingerprint density at radius 2 is 1.63 bits per heavy atom. The molecule has 1 aliphatic heterocycles. The molecule has 6 heteroatoms. The summed E-state index contributed by atoms with van der Waals surface area (Å²) in [6.07, 6.45) is 11.0. The Morgan fingerprint density at radius 3 is 2.33 bits per heavy atom. The van der Waals surface area contributed by atoms with Crippen molar-refractivity contribution in [3.05, 3.63) is 11.8 Å². The molecule has 2 saturated carbocycles. The van der Waals surface area contributed by atoms with E-state index >= 15 is 0 Å². The van der Waals surface area contributed by atoms with Crippen molar-refractivity contribution in [3.63, 3.8) is 0 Å².